The Morgan fingerprint density at radius 2 is 1.26 bits per heavy atom. The lowest BCUT2D eigenvalue weighted by molar-refractivity contribution is 0.857. The molecule has 3 atom stereocenters. The van der Waals surface area contributed by atoms with Crippen LogP contribution in [0, 0.1) is 11.8 Å². The summed E-state index contributed by atoms with van der Waals surface area (Å²) in [5, 5.41) is 1.16. The summed E-state index contributed by atoms with van der Waals surface area (Å²) >= 11 is 0. The van der Waals surface area contributed by atoms with Gasteiger partial charge < -0.3 is 0 Å². The lowest BCUT2D eigenvalue weighted by Gasteiger charge is -2.08. The van der Waals surface area contributed by atoms with Crippen molar-refractivity contribution in [2.45, 2.75) is 5.92 Å². The van der Waals surface area contributed by atoms with Gasteiger partial charge in [0.25, 0.3) is 0 Å². The maximum absolute atomic E-state index is 4.96. The Morgan fingerprint density at radius 1 is 0.600 bits per heavy atom. The molecule has 0 bridgehead atoms. The van der Waals surface area contributed by atoms with Crippen LogP contribution in [0.1, 0.15) is 17.3 Å². The topological polar surface area (TPSA) is 51.6 Å². The first-order valence-electron chi connectivity index (χ1n) is 12.0. The Labute approximate surface area is 203 Å². The Hall–Kier alpha value is -4.44. The fourth-order valence-electron chi connectivity index (χ4n) is 5.04. The summed E-state index contributed by atoms with van der Waals surface area (Å²) in [4.78, 5) is 19.4. The van der Waals surface area contributed by atoms with Crippen LogP contribution in [-0.4, -0.2) is 19.9 Å². The molecule has 1 fully saturated rings. The molecule has 166 valence electrons. The van der Waals surface area contributed by atoms with E-state index in [1.165, 1.54) is 5.57 Å². The summed E-state index contributed by atoms with van der Waals surface area (Å²) in [5.74, 6) is 3.38. The zero-order chi connectivity index (χ0) is 23.2. The van der Waals surface area contributed by atoms with Crippen LogP contribution in [0.25, 0.3) is 39.3 Å². The minimum atomic E-state index is 0.255. The number of fused-ring (bicyclic) bond motifs is 2. The van der Waals surface area contributed by atoms with Crippen LogP contribution >= 0.6 is 0 Å². The number of allylic oxidation sites excluding steroid dienone is 4. The van der Waals surface area contributed by atoms with Crippen LogP contribution in [0.5, 0.6) is 0 Å². The highest BCUT2D eigenvalue weighted by Gasteiger charge is 2.51. The van der Waals surface area contributed by atoms with Gasteiger partial charge in [-0.25, -0.2) is 15.0 Å². The quantitative estimate of drug-likeness (QED) is 0.304. The van der Waals surface area contributed by atoms with E-state index in [9.17, 15) is 0 Å². The normalized spacial score (nSPS) is 20.3. The maximum Gasteiger partial charge on any atom is 0.163 e. The number of hydrogen-bond donors (Lipinski definition) is 0. The van der Waals surface area contributed by atoms with Gasteiger partial charge in [-0.1, -0.05) is 97.1 Å². The van der Waals surface area contributed by atoms with Crippen molar-refractivity contribution in [1.82, 2.24) is 19.9 Å². The van der Waals surface area contributed by atoms with Crippen LogP contribution in [0.4, 0.5) is 0 Å². The second-order valence-electron chi connectivity index (χ2n) is 9.15. The first kappa shape index (κ1) is 20.0. The van der Waals surface area contributed by atoms with Crippen molar-refractivity contribution in [2.24, 2.45) is 11.8 Å². The van der Waals surface area contributed by atoms with E-state index >= 15 is 0 Å². The molecule has 2 aliphatic carbocycles. The molecule has 2 aliphatic rings. The summed E-state index contributed by atoms with van der Waals surface area (Å²) in [6.07, 6.45) is 8.88. The molecule has 2 unspecified atom stereocenters. The number of nitrogens with zero attached hydrogens (tertiary/aromatic N) is 4. The van der Waals surface area contributed by atoms with Crippen molar-refractivity contribution in [2.75, 3.05) is 0 Å². The van der Waals surface area contributed by atoms with Gasteiger partial charge in [0.2, 0.25) is 0 Å². The molecule has 0 amide bonds. The molecule has 1 saturated carbocycles. The van der Waals surface area contributed by atoms with Crippen molar-refractivity contribution < 1.29 is 0 Å². The molecule has 7 rings (SSSR count). The van der Waals surface area contributed by atoms with Crippen LogP contribution in [0.2, 0.25) is 0 Å². The van der Waals surface area contributed by atoms with Gasteiger partial charge in [-0.2, -0.15) is 0 Å². The molecule has 0 N–H and O–H groups in total. The molecule has 2 aromatic heterocycles. The molecule has 5 aromatic rings. The smallest absolute Gasteiger partial charge is 0.163 e. The maximum atomic E-state index is 4.96. The van der Waals surface area contributed by atoms with Gasteiger partial charge >= 0.3 is 0 Å². The van der Waals surface area contributed by atoms with E-state index in [0.717, 1.165) is 45.1 Å². The van der Waals surface area contributed by atoms with Crippen molar-refractivity contribution in [3.63, 3.8) is 0 Å². The number of aromatic nitrogens is 4. The van der Waals surface area contributed by atoms with Gasteiger partial charge in [0.05, 0.1) is 5.52 Å². The SMILES string of the molecule is C1=CC2C(c3nc(-c4ccccc4)nc(-c4ccccc4)n3)[C@@H]2C=C1c1cnc2ccccc2c1. The molecule has 0 radical (unpaired) electrons. The van der Waals surface area contributed by atoms with Gasteiger partial charge in [0.15, 0.2) is 11.6 Å². The van der Waals surface area contributed by atoms with Crippen LogP contribution in [0.15, 0.2) is 115 Å². The number of rotatable bonds is 4. The van der Waals surface area contributed by atoms with E-state index < -0.39 is 0 Å². The first-order chi connectivity index (χ1) is 17.3. The molecule has 4 nitrogen and oxygen atoms in total. The number of hydrogen-bond acceptors (Lipinski definition) is 4. The number of benzene rings is 3. The molecule has 0 saturated heterocycles. The average molecular weight is 451 g/mol. The third kappa shape index (κ3) is 3.64. The zero-order valence-corrected chi connectivity index (χ0v) is 19.0. The molecule has 2 heterocycles. The van der Waals surface area contributed by atoms with Crippen molar-refractivity contribution in [3.05, 3.63) is 127 Å². The number of para-hydroxylation sites is 1. The lowest BCUT2D eigenvalue weighted by atomic mass is 10.00. The predicted octanol–water partition coefficient (Wildman–Crippen LogP) is 6.74. The molecule has 3 aromatic carbocycles. The fourth-order valence-corrected chi connectivity index (χ4v) is 5.04. The zero-order valence-electron chi connectivity index (χ0n) is 19.0. The Morgan fingerprint density at radius 3 is 1.97 bits per heavy atom. The Bertz CT molecular complexity index is 1550. The first-order valence-corrected chi connectivity index (χ1v) is 12.0. The highest BCUT2D eigenvalue weighted by Crippen LogP contribution is 2.57. The molecule has 4 heteroatoms. The molecule has 0 aliphatic heterocycles. The summed E-state index contributed by atoms with van der Waals surface area (Å²) in [7, 11) is 0. The molecular formula is C31H22N4. The third-order valence-corrected chi connectivity index (χ3v) is 6.94. The van der Waals surface area contributed by atoms with Gasteiger partial charge in [-0.3, -0.25) is 4.98 Å². The van der Waals surface area contributed by atoms with E-state index in [1.807, 2.05) is 54.7 Å². The van der Waals surface area contributed by atoms with Gasteiger partial charge in [0.1, 0.15) is 5.82 Å². The van der Waals surface area contributed by atoms with Crippen LogP contribution in [0.3, 0.4) is 0 Å². The summed E-state index contributed by atoms with van der Waals surface area (Å²) in [6.45, 7) is 0. The minimum absolute atomic E-state index is 0.255. The van der Waals surface area contributed by atoms with E-state index in [1.54, 1.807) is 0 Å². The van der Waals surface area contributed by atoms with Crippen LogP contribution in [-0.2, 0) is 0 Å². The number of pyridine rings is 1. The van der Waals surface area contributed by atoms with E-state index in [-0.39, 0.29) is 5.92 Å². The van der Waals surface area contributed by atoms with Gasteiger partial charge in [-0.15, -0.1) is 0 Å². The summed E-state index contributed by atoms with van der Waals surface area (Å²) in [5.41, 5.74) is 5.39. The van der Waals surface area contributed by atoms with Crippen molar-refractivity contribution >= 4 is 16.5 Å². The standard InChI is InChI=1S/C31H22N4/c1-3-9-20(10-4-1)29-33-30(21-11-5-2-6-12-21)35-31(34-29)28-25-16-15-22(18-26(25)28)24-17-23-13-7-8-14-27(23)32-19-24/h1-19,25-26,28H/t25?,26-,28?/m1/s1. The second kappa shape index (κ2) is 8.10. The Balaban J connectivity index is 1.26. The van der Waals surface area contributed by atoms with Gasteiger partial charge in [-0.05, 0) is 29.5 Å². The summed E-state index contributed by atoms with van der Waals surface area (Å²) in [6, 6.07) is 30.8. The molecule has 35 heavy (non-hydrogen) atoms. The van der Waals surface area contributed by atoms with E-state index in [4.69, 9.17) is 15.0 Å². The largest absolute Gasteiger partial charge is 0.256 e. The lowest BCUT2D eigenvalue weighted by Crippen LogP contribution is -2.03. The summed E-state index contributed by atoms with van der Waals surface area (Å²) < 4.78 is 0. The average Bonchev–Trinajstić information content (AvgIpc) is 3.67. The van der Waals surface area contributed by atoms with E-state index in [2.05, 4.69) is 65.7 Å². The minimum Gasteiger partial charge on any atom is -0.256 e. The molecular weight excluding hydrogens is 428 g/mol. The third-order valence-electron chi connectivity index (χ3n) is 6.94. The van der Waals surface area contributed by atoms with Crippen molar-refractivity contribution in [3.8, 4) is 22.8 Å². The van der Waals surface area contributed by atoms with Crippen LogP contribution < -0.4 is 0 Å². The Kier molecular flexibility index (Phi) is 4.62. The highest BCUT2D eigenvalue weighted by molar-refractivity contribution is 5.85. The highest BCUT2D eigenvalue weighted by atomic mass is 15.0. The second-order valence-corrected chi connectivity index (χ2v) is 9.15. The van der Waals surface area contributed by atoms with E-state index in [0.29, 0.717) is 11.8 Å². The monoisotopic (exact) mass is 450 g/mol. The predicted molar refractivity (Wildman–Crippen MR) is 139 cm³/mol. The van der Waals surface area contributed by atoms with Gasteiger partial charge in [0, 0.05) is 34.2 Å². The van der Waals surface area contributed by atoms with Crippen molar-refractivity contribution in [1.29, 1.82) is 0 Å². The molecule has 0 spiro atoms. The fraction of sp³-hybridized carbons (Fsp3) is 0.0968.